The molecule has 1 saturated heterocycles. The second kappa shape index (κ2) is 12.5. The van der Waals surface area contributed by atoms with E-state index in [1.54, 1.807) is 18.2 Å². The van der Waals surface area contributed by atoms with E-state index in [4.69, 9.17) is 30.1 Å². The molecule has 210 valence electrons. The first-order valence-corrected chi connectivity index (χ1v) is 13.8. The Hall–Kier alpha value is -2.54. The van der Waals surface area contributed by atoms with Crippen LogP contribution >= 0.6 is 19.3 Å². The largest absolute Gasteiger partial charge is 0.461 e. The van der Waals surface area contributed by atoms with Crippen molar-refractivity contribution in [1.82, 2.24) is 14.6 Å². The Bertz CT molecular complexity index is 1250. The summed E-state index contributed by atoms with van der Waals surface area (Å²) in [6.07, 6.45) is -3.63. The van der Waals surface area contributed by atoms with Gasteiger partial charge in [-0.3, -0.25) is 23.7 Å². The molecule has 0 aliphatic carbocycles. The van der Waals surface area contributed by atoms with E-state index in [0.29, 0.717) is 17.4 Å². The summed E-state index contributed by atoms with van der Waals surface area (Å²) < 4.78 is 51.4. The van der Waals surface area contributed by atoms with Gasteiger partial charge < -0.3 is 19.1 Å². The van der Waals surface area contributed by atoms with Crippen molar-refractivity contribution in [2.75, 3.05) is 6.61 Å². The molecule has 38 heavy (non-hydrogen) atoms. The molecule has 6 atom stereocenters. The average Bonchev–Trinajstić information content (AvgIpc) is 3.09. The topological polar surface area (TPSA) is 158 Å². The molecule has 0 saturated carbocycles. The number of H-pyrrole nitrogens is 1. The SMILES string of the molecule is CCC(CC)OC(=O)[C@H](C)NP(=O)(OC[C@H]1OC(n2ccc(=O)[nH]c2=O)[C@@](F)(Cl)[C@@H]1O)Oc1ccccc1. The maximum Gasteiger partial charge on any atom is 0.459 e. The van der Waals surface area contributed by atoms with Crippen molar-refractivity contribution in [1.29, 1.82) is 0 Å². The first-order valence-electron chi connectivity index (χ1n) is 11.9. The van der Waals surface area contributed by atoms with E-state index in [9.17, 15) is 24.1 Å². The van der Waals surface area contributed by atoms with Crippen LogP contribution in [0.5, 0.6) is 5.75 Å². The number of aromatic nitrogens is 2. The van der Waals surface area contributed by atoms with Gasteiger partial charge >= 0.3 is 19.4 Å². The molecule has 15 heteroatoms. The number of hydrogen-bond acceptors (Lipinski definition) is 9. The molecule has 3 rings (SSSR count). The molecular weight excluding hydrogens is 548 g/mol. The van der Waals surface area contributed by atoms with Crippen LogP contribution < -0.4 is 20.9 Å². The second-order valence-electron chi connectivity index (χ2n) is 8.59. The van der Waals surface area contributed by atoms with Crippen LogP contribution in [0.1, 0.15) is 39.8 Å². The molecule has 0 radical (unpaired) electrons. The van der Waals surface area contributed by atoms with Gasteiger partial charge in [0.1, 0.15) is 30.1 Å². The third kappa shape index (κ3) is 7.10. The maximum absolute atomic E-state index is 15.3. The summed E-state index contributed by atoms with van der Waals surface area (Å²) in [7, 11) is -4.36. The third-order valence-electron chi connectivity index (χ3n) is 5.76. The molecule has 0 spiro atoms. The number of benzene rings is 1. The summed E-state index contributed by atoms with van der Waals surface area (Å²) in [6, 6.07) is 7.73. The van der Waals surface area contributed by atoms with Crippen molar-refractivity contribution in [3.8, 4) is 5.75 Å². The molecule has 2 aromatic rings. The van der Waals surface area contributed by atoms with Crippen LogP contribution in [-0.2, 0) is 23.4 Å². The zero-order valence-corrected chi connectivity index (χ0v) is 22.6. The number of nitrogens with one attached hydrogen (secondary N) is 2. The number of rotatable bonds is 12. The molecule has 1 aliphatic rings. The Morgan fingerprint density at radius 2 is 1.95 bits per heavy atom. The maximum atomic E-state index is 15.3. The van der Waals surface area contributed by atoms with Gasteiger partial charge in [-0.1, -0.05) is 43.6 Å². The number of nitrogens with zero attached hydrogens (tertiary/aromatic N) is 1. The number of ether oxygens (including phenoxy) is 2. The van der Waals surface area contributed by atoms with Crippen LogP contribution in [0.25, 0.3) is 0 Å². The van der Waals surface area contributed by atoms with Crippen LogP contribution in [-0.4, -0.2) is 56.7 Å². The van der Waals surface area contributed by atoms with Gasteiger partial charge in [-0.2, -0.15) is 5.09 Å². The zero-order chi connectivity index (χ0) is 28.1. The molecule has 2 heterocycles. The predicted octanol–water partition coefficient (Wildman–Crippen LogP) is 2.61. The normalized spacial score (nSPS) is 25.6. The van der Waals surface area contributed by atoms with Gasteiger partial charge in [-0.15, -0.1) is 0 Å². The summed E-state index contributed by atoms with van der Waals surface area (Å²) in [6.45, 7) is 4.39. The fraction of sp³-hybridized carbons (Fsp3) is 0.522. The summed E-state index contributed by atoms with van der Waals surface area (Å²) in [4.78, 5) is 38.0. The Labute approximate surface area is 222 Å². The van der Waals surface area contributed by atoms with E-state index in [1.165, 1.54) is 19.1 Å². The Kier molecular flexibility index (Phi) is 9.91. The lowest BCUT2D eigenvalue weighted by Gasteiger charge is -2.25. The smallest absolute Gasteiger partial charge is 0.459 e. The van der Waals surface area contributed by atoms with E-state index in [1.807, 2.05) is 18.8 Å². The minimum absolute atomic E-state index is 0.131. The summed E-state index contributed by atoms with van der Waals surface area (Å²) in [5.74, 6) is -0.566. The van der Waals surface area contributed by atoms with Gasteiger partial charge in [0.2, 0.25) is 0 Å². The molecule has 1 aliphatic heterocycles. The van der Waals surface area contributed by atoms with E-state index < -0.39 is 61.2 Å². The van der Waals surface area contributed by atoms with Crippen LogP contribution in [0.4, 0.5) is 4.39 Å². The van der Waals surface area contributed by atoms with Gasteiger partial charge in [0, 0.05) is 12.3 Å². The lowest BCUT2D eigenvalue weighted by Crippen LogP contribution is -2.42. The summed E-state index contributed by atoms with van der Waals surface area (Å²) in [5, 5.41) is 9.96. The van der Waals surface area contributed by atoms with Gasteiger partial charge in [-0.05, 0) is 31.9 Å². The number of aliphatic hydroxyl groups excluding tert-OH is 1. The van der Waals surface area contributed by atoms with E-state index in [0.717, 1.165) is 12.3 Å². The molecule has 2 unspecified atom stereocenters. The van der Waals surface area contributed by atoms with E-state index in [2.05, 4.69) is 5.09 Å². The molecule has 3 N–H and O–H groups in total. The highest BCUT2D eigenvalue weighted by Gasteiger charge is 2.58. The lowest BCUT2D eigenvalue weighted by atomic mass is 10.1. The number of para-hydroxylation sites is 1. The molecule has 0 amide bonds. The monoisotopic (exact) mass is 577 g/mol. The predicted molar refractivity (Wildman–Crippen MR) is 135 cm³/mol. The van der Waals surface area contributed by atoms with Crippen molar-refractivity contribution in [3.05, 3.63) is 63.4 Å². The van der Waals surface area contributed by atoms with E-state index in [-0.39, 0.29) is 11.9 Å². The molecule has 12 nitrogen and oxygen atoms in total. The number of aliphatic hydroxyl groups is 1. The van der Waals surface area contributed by atoms with Gasteiger partial charge in [0.05, 0.1) is 6.61 Å². The molecule has 1 fully saturated rings. The minimum atomic E-state index is -4.36. The molecule has 1 aromatic carbocycles. The van der Waals surface area contributed by atoms with Crippen molar-refractivity contribution >= 4 is 25.3 Å². The second-order valence-corrected chi connectivity index (χ2v) is 10.9. The molecule has 0 bridgehead atoms. The van der Waals surface area contributed by atoms with Crippen molar-refractivity contribution in [3.63, 3.8) is 0 Å². The standard InChI is InChI=1S/C23H30ClFN3O9P/c1-4-15(5-2)35-20(31)14(3)27-38(33,37-16-9-7-6-8-10-16)34-13-17-19(30)23(24,25)21(36-17)28-12-11-18(29)26-22(28)32/h6-12,14-15,17,19,21,30H,4-5,13H2,1-3H3,(H,27,33)(H,26,29,32)/t14-,17+,19+,21?,23+,38?/m0/s1. The number of esters is 1. The van der Waals surface area contributed by atoms with Crippen LogP contribution in [0.3, 0.4) is 0 Å². The Morgan fingerprint density at radius 1 is 1.29 bits per heavy atom. The van der Waals surface area contributed by atoms with Gasteiger partial charge in [0.15, 0.2) is 6.23 Å². The fourth-order valence-electron chi connectivity index (χ4n) is 3.61. The molecule has 1 aromatic heterocycles. The van der Waals surface area contributed by atoms with Crippen LogP contribution in [0, 0.1) is 0 Å². The van der Waals surface area contributed by atoms with Crippen molar-refractivity contribution in [2.24, 2.45) is 0 Å². The van der Waals surface area contributed by atoms with Crippen molar-refractivity contribution in [2.45, 2.75) is 69.3 Å². The quantitative estimate of drug-likeness (QED) is 0.194. The lowest BCUT2D eigenvalue weighted by molar-refractivity contribution is -0.151. The van der Waals surface area contributed by atoms with Gasteiger partial charge in [0.25, 0.3) is 10.7 Å². The highest BCUT2D eigenvalue weighted by atomic mass is 35.5. The highest BCUT2D eigenvalue weighted by molar-refractivity contribution is 7.52. The number of halogens is 2. The first-order chi connectivity index (χ1) is 17.9. The number of hydrogen-bond donors (Lipinski definition) is 3. The van der Waals surface area contributed by atoms with E-state index >= 15 is 4.39 Å². The number of carbonyl (C=O) groups is 1. The summed E-state index contributed by atoms with van der Waals surface area (Å²) in [5.41, 5.74) is -1.76. The van der Waals surface area contributed by atoms with Crippen molar-refractivity contribution < 1.29 is 37.4 Å². The third-order valence-corrected chi connectivity index (χ3v) is 7.81. The number of carbonyl (C=O) groups excluding carboxylic acids is 1. The Balaban J connectivity index is 1.79. The fourth-order valence-corrected chi connectivity index (χ4v) is 5.41. The first kappa shape index (κ1) is 30.0. The summed E-state index contributed by atoms with van der Waals surface area (Å²) >= 11 is 5.88. The Morgan fingerprint density at radius 3 is 2.55 bits per heavy atom. The van der Waals surface area contributed by atoms with Crippen LogP contribution in [0.2, 0.25) is 0 Å². The highest BCUT2D eigenvalue weighted by Crippen LogP contribution is 2.48. The molecular formula is C23H30ClFN3O9P. The minimum Gasteiger partial charge on any atom is -0.461 e. The van der Waals surface area contributed by atoms with Gasteiger partial charge in [-0.25, -0.2) is 13.8 Å². The van der Waals surface area contributed by atoms with Crippen LogP contribution in [0.15, 0.2) is 52.2 Å². The zero-order valence-electron chi connectivity index (χ0n) is 20.9. The number of aromatic amines is 1. The number of alkyl halides is 2. The average molecular weight is 578 g/mol.